The molecule has 25 heavy (non-hydrogen) atoms. The second kappa shape index (κ2) is 8.30. The van der Waals surface area contributed by atoms with Crippen LogP contribution in [0, 0.1) is 11.8 Å². The van der Waals surface area contributed by atoms with Gasteiger partial charge in [-0.25, -0.2) is 0 Å². The number of hydrogen-bond acceptors (Lipinski definition) is 5. The topological polar surface area (TPSA) is 62.4 Å². The number of aliphatic hydroxyl groups is 1. The molecule has 3 rings (SSSR count). The number of rotatable bonds is 6. The molecule has 1 N–H and O–H groups in total. The molecule has 0 spiro atoms. The highest BCUT2D eigenvalue weighted by molar-refractivity contribution is 6.31. The fourth-order valence-corrected chi connectivity index (χ4v) is 3.63. The number of likely N-dealkylation sites (tertiary alicyclic amines) is 1. The highest BCUT2D eigenvalue weighted by Gasteiger charge is 2.27. The second-order valence-electron chi connectivity index (χ2n) is 7.22. The third kappa shape index (κ3) is 4.81. The van der Waals surface area contributed by atoms with Crippen LogP contribution in [0.5, 0.6) is 0 Å². The Bertz CT molecular complexity index is 681. The maximum atomic E-state index is 10.2. The molecular formula is C19H26ClN3O2. The lowest BCUT2D eigenvalue weighted by atomic mass is 9.86. The molecule has 1 aliphatic rings. The Morgan fingerprint density at radius 1 is 1.28 bits per heavy atom. The lowest BCUT2D eigenvalue weighted by Gasteiger charge is -2.34. The average Bonchev–Trinajstić information content (AvgIpc) is 3.04. The van der Waals surface area contributed by atoms with Crippen LogP contribution < -0.4 is 0 Å². The molecule has 0 aliphatic carbocycles. The van der Waals surface area contributed by atoms with E-state index in [4.69, 9.17) is 16.1 Å². The van der Waals surface area contributed by atoms with Gasteiger partial charge in [0.25, 0.3) is 0 Å². The second-order valence-corrected chi connectivity index (χ2v) is 7.63. The largest absolute Gasteiger partial charge is 0.393 e. The van der Waals surface area contributed by atoms with E-state index >= 15 is 0 Å². The lowest BCUT2D eigenvalue weighted by Crippen LogP contribution is -2.39. The third-order valence-corrected chi connectivity index (χ3v) is 5.34. The van der Waals surface area contributed by atoms with Gasteiger partial charge in [-0.15, -0.1) is 0 Å². The monoisotopic (exact) mass is 363 g/mol. The summed E-state index contributed by atoms with van der Waals surface area (Å²) >= 11 is 6.18. The number of hydrogen-bond donors (Lipinski definition) is 1. The summed E-state index contributed by atoms with van der Waals surface area (Å²) in [7, 11) is 0. The van der Waals surface area contributed by atoms with Crippen LogP contribution in [0.25, 0.3) is 0 Å². The van der Waals surface area contributed by atoms with Crippen LogP contribution in [0.1, 0.15) is 44.0 Å². The van der Waals surface area contributed by atoms with Gasteiger partial charge in [-0.1, -0.05) is 48.8 Å². The van der Waals surface area contributed by atoms with Gasteiger partial charge in [0.2, 0.25) is 5.89 Å². The van der Waals surface area contributed by atoms with E-state index in [-0.39, 0.29) is 6.10 Å². The van der Waals surface area contributed by atoms with Crippen LogP contribution in [0.2, 0.25) is 5.02 Å². The smallest absolute Gasteiger partial charge is 0.240 e. The summed E-state index contributed by atoms with van der Waals surface area (Å²) in [6.07, 6.45) is 2.40. The Labute approximate surface area is 154 Å². The third-order valence-electron chi connectivity index (χ3n) is 4.97. The predicted molar refractivity (Wildman–Crippen MR) is 97.4 cm³/mol. The summed E-state index contributed by atoms with van der Waals surface area (Å²) in [5, 5.41) is 15.0. The first-order valence-corrected chi connectivity index (χ1v) is 9.36. The van der Waals surface area contributed by atoms with Crippen LogP contribution in [-0.2, 0) is 13.0 Å². The maximum Gasteiger partial charge on any atom is 0.240 e. The van der Waals surface area contributed by atoms with Crippen molar-refractivity contribution in [1.29, 1.82) is 0 Å². The van der Waals surface area contributed by atoms with E-state index in [9.17, 15) is 5.11 Å². The Kier molecular flexibility index (Phi) is 6.10. The SMILES string of the molecule is CC(C)[C@@H](O)C1CCN(Cc2nc(Cc3ccccc3Cl)no2)CC1. The highest BCUT2D eigenvalue weighted by Crippen LogP contribution is 2.25. The number of aliphatic hydroxyl groups excluding tert-OH is 1. The van der Waals surface area contributed by atoms with E-state index in [2.05, 4.69) is 28.9 Å². The van der Waals surface area contributed by atoms with Crippen molar-refractivity contribution in [1.82, 2.24) is 15.0 Å². The Morgan fingerprint density at radius 2 is 2.00 bits per heavy atom. The molecule has 5 nitrogen and oxygen atoms in total. The van der Waals surface area contributed by atoms with Gasteiger partial charge in [-0.05, 0) is 49.4 Å². The minimum absolute atomic E-state index is 0.201. The Hall–Kier alpha value is -1.43. The van der Waals surface area contributed by atoms with Crippen molar-refractivity contribution in [3.8, 4) is 0 Å². The molecule has 136 valence electrons. The summed E-state index contributed by atoms with van der Waals surface area (Å²) in [6.45, 7) is 6.74. The zero-order valence-electron chi connectivity index (χ0n) is 14.9. The highest BCUT2D eigenvalue weighted by atomic mass is 35.5. The first kappa shape index (κ1) is 18.4. The van der Waals surface area contributed by atoms with Crippen LogP contribution >= 0.6 is 11.6 Å². The molecule has 0 saturated carbocycles. The Balaban J connectivity index is 1.52. The summed E-state index contributed by atoms with van der Waals surface area (Å²) in [5.74, 6) is 2.02. The molecule has 1 aliphatic heterocycles. The number of benzene rings is 1. The zero-order valence-corrected chi connectivity index (χ0v) is 15.6. The molecule has 0 radical (unpaired) electrons. The van der Waals surface area contributed by atoms with Crippen LogP contribution in [0.3, 0.4) is 0 Å². The first-order valence-electron chi connectivity index (χ1n) is 8.98. The molecule has 0 amide bonds. The zero-order chi connectivity index (χ0) is 17.8. The van der Waals surface area contributed by atoms with Gasteiger partial charge in [0.15, 0.2) is 5.82 Å². The molecule has 1 aromatic carbocycles. The average molecular weight is 364 g/mol. The molecular weight excluding hydrogens is 338 g/mol. The fraction of sp³-hybridized carbons (Fsp3) is 0.579. The van der Waals surface area contributed by atoms with Crippen molar-refractivity contribution in [2.75, 3.05) is 13.1 Å². The summed E-state index contributed by atoms with van der Waals surface area (Å²) < 4.78 is 5.40. The minimum Gasteiger partial charge on any atom is -0.393 e. The fourth-order valence-electron chi connectivity index (χ4n) is 3.43. The Morgan fingerprint density at radius 3 is 2.68 bits per heavy atom. The first-order chi connectivity index (χ1) is 12.0. The number of piperidine rings is 1. The molecule has 2 aromatic rings. The van der Waals surface area contributed by atoms with E-state index < -0.39 is 0 Å². The number of halogens is 1. The van der Waals surface area contributed by atoms with Crippen molar-refractivity contribution in [3.05, 3.63) is 46.6 Å². The molecule has 2 heterocycles. The predicted octanol–water partition coefficient (Wildman–Crippen LogP) is 3.54. The van der Waals surface area contributed by atoms with Gasteiger partial charge in [0.1, 0.15) is 0 Å². The van der Waals surface area contributed by atoms with Gasteiger partial charge in [-0.2, -0.15) is 4.98 Å². The summed E-state index contributed by atoms with van der Waals surface area (Å²) in [6, 6.07) is 7.71. The van der Waals surface area contributed by atoms with Crippen molar-refractivity contribution in [2.24, 2.45) is 11.8 Å². The van der Waals surface area contributed by atoms with Crippen molar-refractivity contribution >= 4 is 11.6 Å². The van der Waals surface area contributed by atoms with E-state index in [0.717, 1.165) is 36.5 Å². The van der Waals surface area contributed by atoms with Crippen LogP contribution in [0.4, 0.5) is 0 Å². The van der Waals surface area contributed by atoms with Crippen molar-refractivity contribution in [3.63, 3.8) is 0 Å². The van der Waals surface area contributed by atoms with Gasteiger partial charge < -0.3 is 9.63 Å². The van der Waals surface area contributed by atoms with E-state index in [1.807, 2.05) is 24.3 Å². The van der Waals surface area contributed by atoms with Crippen LogP contribution in [0.15, 0.2) is 28.8 Å². The lowest BCUT2D eigenvalue weighted by molar-refractivity contribution is 0.0251. The molecule has 1 aromatic heterocycles. The van der Waals surface area contributed by atoms with Gasteiger partial charge in [0.05, 0.1) is 12.6 Å². The normalized spacial score (nSPS) is 18.0. The van der Waals surface area contributed by atoms with E-state index in [0.29, 0.717) is 36.5 Å². The number of nitrogens with zero attached hydrogens (tertiary/aromatic N) is 3. The van der Waals surface area contributed by atoms with Gasteiger partial charge in [0, 0.05) is 11.4 Å². The van der Waals surface area contributed by atoms with Crippen molar-refractivity contribution < 1.29 is 9.63 Å². The molecule has 6 heteroatoms. The summed E-state index contributed by atoms with van der Waals surface area (Å²) in [5.41, 5.74) is 1.00. The molecule has 0 bridgehead atoms. The van der Waals surface area contributed by atoms with Gasteiger partial charge >= 0.3 is 0 Å². The van der Waals surface area contributed by atoms with E-state index in [1.165, 1.54) is 0 Å². The molecule has 1 atom stereocenters. The van der Waals surface area contributed by atoms with Gasteiger partial charge in [-0.3, -0.25) is 4.90 Å². The standard InChI is InChI=1S/C19H26ClN3O2/c1-13(2)19(24)14-7-9-23(10-8-14)12-18-21-17(22-25-18)11-15-5-3-4-6-16(15)20/h3-6,13-14,19,24H,7-12H2,1-2H3/t19-/m1/s1. The minimum atomic E-state index is -0.201. The molecule has 1 fully saturated rings. The van der Waals surface area contributed by atoms with Crippen molar-refractivity contribution in [2.45, 2.75) is 45.8 Å². The van der Waals surface area contributed by atoms with Crippen LogP contribution in [-0.4, -0.2) is 39.3 Å². The number of aromatic nitrogens is 2. The summed E-state index contributed by atoms with van der Waals surface area (Å²) in [4.78, 5) is 6.81. The molecule has 0 unspecified atom stereocenters. The van der Waals surface area contributed by atoms with E-state index in [1.54, 1.807) is 0 Å². The maximum absolute atomic E-state index is 10.2. The molecule has 1 saturated heterocycles. The quantitative estimate of drug-likeness (QED) is 0.850.